The van der Waals surface area contributed by atoms with Crippen LogP contribution in [0.4, 0.5) is 0 Å². The normalized spacial score (nSPS) is 21.5. The zero-order valence-corrected chi connectivity index (χ0v) is 11.7. The molecule has 102 valence electrons. The smallest absolute Gasteiger partial charge is 0.239 e. The van der Waals surface area contributed by atoms with Crippen LogP contribution in [-0.2, 0) is 9.53 Å². The van der Waals surface area contributed by atoms with Crippen molar-refractivity contribution in [3.05, 3.63) is 0 Å². The molecule has 4 nitrogen and oxygen atoms in total. The molecule has 5 heteroatoms. The molecule has 1 aliphatic rings. The highest BCUT2D eigenvalue weighted by Gasteiger charge is 2.21. The lowest BCUT2D eigenvalue weighted by Gasteiger charge is -2.28. The van der Waals surface area contributed by atoms with Crippen molar-refractivity contribution < 1.29 is 9.53 Å². The van der Waals surface area contributed by atoms with Gasteiger partial charge in [-0.05, 0) is 25.2 Å². The second kappa shape index (κ2) is 8.72. The maximum atomic E-state index is 11.9. The molecule has 0 spiro atoms. The Morgan fingerprint density at radius 1 is 1.59 bits per heavy atom. The molecule has 0 radical (unpaired) electrons. The first kappa shape index (κ1) is 16.7. The summed E-state index contributed by atoms with van der Waals surface area (Å²) >= 11 is 0. The number of nitrogens with zero attached hydrogens (tertiary/aromatic N) is 1. The number of halogens is 1. The maximum Gasteiger partial charge on any atom is 0.239 e. The molecule has 1 aliphatic heterocycles. The fourth-order valence-electron chi connectivity index (χ4n) is 2.15. The van der Waals surface area contributed by atoms with Crippen molar-refractivity contribution in [1.82, 2.24) is 4.90 Å². The van der Waals surface area contributed by atoms with Crippen LogP contribution >= 0.6 is 12.4 Å². The highest BCUT2D eigenvalue weighted by Crippen LogP contribution is 2.14. The van der Waals surface area contributed by atoms with E-state index in [1.807, 2.05) is 14.0 Å². The van der Waals surface area contributed by atoms with Gasteiger partial charge in [0.15, 0.2) is 0 Å². The molecule has 1 fully saturated rings. The minimum Gasteiger partial charge on any atom is -0.381 e. The number of hydrogen-bond acceptors (Lipinski definition) is 3. The van der Waals surface area contributed by atoms with Gasteiger partial charge in [0.05, 0.1) is 12.6 Å². The molecule has 0 saturated carbocycles. The molecule has 0 aromatic carbocycles. The average Bonchev–Trinajstić information content (AvgIpc) is 2.29. The van der Waals surface area contributed by atoms with E-state index in [4.69, 9.17) is 10.5 Å². The molecule has 2 unspecified atom stereocenters. The molecule has 1 saturated heterocycles. The van der Waals surface area contributed by atoms with Crippen molar-refractivity contribution >= 4 is 18.3 Å². The van der Waals surface area contributed by atoms with Crippen LogP contribution in [0, 0.1) is 5.92 Å². The van der Waals surface area contributed by atoms with Gasteiger partial charge in [0.2, 0.25) is 5.91 Å². The summed E-state index contributed by atoms with van der Waals surface area (Å²) in [5.74, 6) is 0.545. The second-order valence-corrected chi connectivity index (χ2v) is 4.70. The Bertz CT molecular complexity index is 221. The number of rotatable bonds is 5. The Morgan fingerprint density at radius 2 is 2.29 bits per heavy atom. The van der Waals surface area contributed by atoms with Crippen LogP contribution in [0.15, 0.2) is 0 Å². The van der Waals surface area contributed by atoms with Crippen LogP contribution in [0.5, 0.6) is 0 Å². The molecular formula is C12H25ClN2O2. The number of carbonyl (C=O) groups excluding carboxylic acids is 1. The van der Waals surface area contributed by atoms with E-state index in [0.717, 1.165) is 45.4 Å². The van der Waals surface area contributed by atoms with E-state index in [0.29, 0.717) is 5.92 Å². The van der Waals surface area contributed by atoms with Crippen molar-refractivity contribution in [3.8, 4) is 0 Å². The van der Waals surface area contributed by atoms with Crippen molar-refractivity contribution in [1.29, 1.82) is 0 Å². The lowest BCUT2D eigenvalue weighted by atomic mass is 10.0. The largest absolute Gasteiger partial charge is 0.381 e. The van der Waals surface area contributed by atoms with Crippen molar-refractivity contribution in [2.75, 3.05) is 26.8 Å². The molecule has 1 heterocycles. The Morgan fingerprint density at radius 3 is 2.82 bits per heavy atom. The van der Waals surface area contributed by atoms with E-state index in [1.54, 1.807) is 4.90 Å². The van der Waals surface area contributed by atoms with E-state index in [1.165, 1.54) is 0 Å². The summed E-state index contributed by atoms with van der Waals surface area (Å²) in [6, 6.07) is -0.334. The van der Waals surface area contributed by atoms with E-state index in [2.05, 4.69) is 0 Å². The lowest BCUT2D eigenvalue weighted by Crippen LogP contribution is -2.44. The van der Waals surface area contributed by atoms with E-state index < -0.39 is 0 Å². The van der Waals surface area contributed by atoms with Gasteiger partial charge in [0.1, 0.15) is 0 Å². The topological polar surface area (TPSA) is 55.6 Å². The first-order valence-electron chi connectivity index (χ1n) is 6.23. The summed E-state index contributed by atoms with van der Waals surface area (Å²) in [4.78, 5) is 13.6. The molecule has 0 aromatic rings. The van der Waals surface area contributed by atoms with Gasteiger partial charge in [0.25, 0.3) is 0 Å². The first-order valence-corrected chi connectivity index (χ1v) is 6.23. The Kier molecular flexibility index (Phi) is 8.56. The monoisotopic (exact) mass is 264 g/mol. The summed E-state index contributed by atoms with van der Waals surface area (Å²) in [7, 11) is 1.84. The molecule has 17 heavy (non-hydrogen) atoms. The molecule has 2 N–H and O–H groups in total. The highest BCUT2D eigenvalue weighted by atomic mass is 35.5. The van der Waals surface area contributed by atoms with Crippen LogP contribution in [0.3, 0.4) is 0 Å². The van der Waals surface area contributed by atoms with Crippen LogP contribution < -0.4 is 5.73 Å². The van der Waals surface area contributed by atoms with Gasteiger partial charge in [-0.25, -0.2) is 0 Å². The van der Waals surface area contributed by atoms with Gasteiger partial charge >= 0.3 is 0 Å². The molecule has 1 rings (SSSR count). The van der Waals surface area contributed by atoms with Crippen LogP contribution in [-0.4, -0.2) is 43.7 Å². The van der Waals surface area contributed by atoms with Crippen LogP contribution in [0.1, 0.15) is 32.6 Å². The van der Waals surface area contributed by atoms with E-state index in [-0.39, 0.29) is 24.4 Å². The fourth-order valence-corrected chi connectivity index (χ4v) is 2.15. The van der Waals surface area contributed by atoms with Crippen molar-refractivity contribution in [3.63, 3.8) is 0 Å². The van der Waals surface area contributed by atoms with Gasteiger partial charge in [-0.15, -0.1) is 12.4 Å². The summed E-state index contributed by atoms with van der Waals surface area (Å²) in [5.41, 5.74) is 5.81. The van der Waals surface area contributed by atoms with Gasteiger partial charge in [-0.3, -0.25) is 4.79 Å². The number of amides is 1. The third-order valence-corrected chi connectivity index (χ3v) is 3.08. The maximum absolute atomic E-state index is 11.9. The molecule has 0 aromatic heterocycles. The van der Waals surface area contributed by atoms with Crippen LogP contribution in [0.2, 0.25) is 0 Å². The van der Waals surface area contributed by atoms with Gasteiger partial charge in [0, 0.05) is 20.2 Å². The predicted molar refractivity (Wildman–Crippen MR) is 71.3 cm³/mol. The number of carbonyl (C=O) groups is 1. The molecule has 0 bridgehead atoms. The third kappa shape index (κ3) is 5.70. The highest BCUT2D eigenvalue weighted by molar-refractivity contribution is 5.85. The van der Waals surface area contributed by atoms with Crippen molar-refractivity contribution in [2.45, 2.75) is 38.6 Å². The summed E-state index contributed by atoms with van der Waals surface area (Å²) < 4.78 is 5.40. The van der Waals surface area contributed by atoms with E-state index in [9.17, 15) is 4.79 Å². The zero-order chi connectivity index (χ0) is 12.0. The second-order valence-electron chi connectivity index (χ2n) is 4.70. The summed E-state index contributed by atoms with van der Waals surface area (Å²) in [5, 5.41) is 0. The van der Waals surface area contributed by atoms with Crippen molar-refractivity contribution in [2.24, 2.45) is 11.7 Å². The van der Waals surface area contributed by atoms with Gasteiger partial charge in [-0.1, -0.05) is 13.3 Å². The average molecular weight is 265 g/mol. The SMILES string of the molecule is CCCC(N)C(=O)N(C)CC1CCCOC1.Cl. The molecule has 1 amide bonds. The molecule has 0 aliphatic carbocycles. The minimum absolute atomic E-state index is 0. The van der Waals surface area contributed by atoms with E-state index >= 15 is 0 Å². The Hall–Kier alpha value is -0.320. The number of hydrogen-bond donors (Lipinski definition) is 1. The Labute approximate surface area is 110 Å². The van der Waals surface area contributed by atoms with Crippen LogP contribution in [0.25, 0.3) is 0 Å². The number of nitrogens with two attached hydrogens (primary N) is 1. The fraction of sp³-hybridized carbons (Fsp3) is 0.917. The molecule has 2 atom stereocenters. The summed E-state index contributed by atoms with van der Waals surface area (Å²) in [6.07, 6.45) is 3.98. The number of likely N-dealkylation sites (N-methyl/N-ethyl adjacent to an activating group) is 1. The zero-order valence-electron chi connectivity index (χ0n) is 10.9. The lowest BCUT2D eigenvalue weighted by molar-refractivity contribution is -0.132. The Balaban J connectivity index is 0.00000256. The quantitative estimate of drug-likeness (QED) is 0.817. The van der Waals surface area contributed by atoms with Gasteiger partial charge < -0.3 is 15.4 Å². The third-order valence-electron chi connectivity index (χ3n) is 3.08. The van der Waals surface area contributed by atoms with Gasteiger partial charge in [-0.2, -0.15) is 0 Å². The molecular weight excluding hydrogens is 240 g/mol. The standard InChI is InChI=1S/C12H24N2O2.ClH/c1-3-5-11(13)12(15)14(2)8-10-6-4-7-16-9-10;/h10-11H,3-9,13H2,1-2H3;1H. The first-order chi connectivity index (χ1) is 7.65. The summed E-state index contributed by atoms with van der Waals surface area (Å²) in [6.45, 7) is 4.46. The minimum atomic E-state index is -0.334. The number of ether oxygens (including phenoxy) is 1. The predicted octanol–water partition coefficient (Wildman–Crippen LogP) is 1.42.